The van der Waals surface area contributed by atoms with Gasteiger partial charge >= 0.3 is 0 Å². The van der Waals surface area contributed by atoms with Crippen LogP contribution in [0.3, 0.4) is 0 Å². The number of amides is 1. The largest absolute Gasteiger partial charge is 0.497 e. The summed E-state index contributed by atoms with van der Waals surface area (Å²) in [6, 6.07) is 15.5. The van der Waals surface area contributed by atoms with Gasteiger partial charge < -0.3 is 20.1 Å². The highest BCUT2D eigenvalue weighted by atomic mass is 16.5. The van der Waals surface area contributed by atoms with Gasteiger partial charge in [-0.2, -0.15) is 0 Å². The number of benzene rings is 2. The van der Waals surface area contributed by atoms with Crippen molar-refractivity contribution in [2.75, 3.05) is 13.7 Å². The third-order valence-corrected chi connectivity index (χ3v) is 4.17. The first-order chi connectivity index (χ1) is 12.2. The van der Waals surface area contributed by atoms with Crippen molar-refractivity contribution < 1.29 is 14.6 Å². The quantitative estimate of drug-likeness (QED) is 0.619. The second kappa shape index (κ2) is 7.85. The lowest BCUT2D eigenvalue weighted by Gasteiger charge is -2.12. The first kappa shape index (κ1) is 17.0. The Kier molecular flexibility index (Phi) is 5.36. The average molecular weight is 338 g/mol. The lowest BCUT2D eigenvalue weighted by atomic mass is 10.1. The van der Waals surface area contributed by atoms with Crippen LogP contribution in [0.1, 0.15) is 11.1 Å². The summed E-state index contributed by atoms with van der Waals surface area (Å²) >= 11 is 0. The number of aliphatic hydroxyl groups excluding tert-OH is 1. The van der Waals surface area contributed by atoms with E-state index in [0.717, 1.165) is 27.8 Å². The van der Waals surface area contributed by atoms with E-state index < -0.39 is 6.10 Å². The van der Waals surface area contributed by atoms with E-state index in [1.165, 1.54) is 0 Å². The normalized spacial score (nSPS) is 12.1. The second-order valence-corrected chi connectivity index (χ2v) is 6.05. The zero-order valence-corrected chi connectivity index (χ0v) is 14.2. The minimum Gasteiger partial charge on any atom is -0.497 e. The van der Waals surface area contributed by atoms with E-state index in [-0.39, 0.29) is 18.9 Å². The van der Waals surface area contributed by atoms with Crippen molar-refractivity contribution in [3.8, 4) is 5.75 Å². The number of carbonyl (C=O) groups excluding carboxylic acids is 1. The Morgan fingerprint density at radius 3 is 2.80 bits per heavy atom. The average Bonchev–Trinajstić information content (AvgIpc) is 3.03. The molecule has 0 fully saturated rings. The van der Waals surface area contributed by atoms with E-state index in [1.54, 1.807) is 7.11 Å². The summed E-state index contributed by atoms with van der Waals surface area (Å²) in [6.07, 6.45) is 2.01. The monoisotopic (exact) mass is 338 g/mol. The maximum Gasteiger partial charge on any atom is 0.224 e. The summed E-state index contributed by atoms with van der Waals surface area (Å²) < 4.78 is 5.24. The van der Waals surface area contributed by atoms with Gasteiger partial charge in [-0.15, -0.1) is 0 Å². The number of hydrogen-bond donors (Lipinski definition) is 3. The van der Waals surface area contributed by atoms with E-state index in [0.29, 0.717) is 6.42 Å². The van der Waals surface area contributed by atoms with Gasteiger partial charge in [-0.3, -0.25) is 4.79 Å². The van der Waals surface area contributed by atoms with E-state index in [2.05, 4.69) is 10.3 Å². The SMILES string of the molecule is COc1ccc2[nH]cc(CC(=O)NC[C@H](O)Cc3ccccc3)c2c1. The van der Waals surface area contributed by atoms with E-state index in [4.69, 9.17) is 4.74 Å². The molecule has 0 aliphatic heterocycles. The molecule has 0 bridgehead atoms. The molecule has 2 aromatic carbocycles. The third kappa shape index (κ3) is 4.39. The number of hydrogen-bond acceptors (Lipinski definition) is 3. The molecule has 1 aromatic heterocycles. The fourth-order valence-corrected chi connectivity index (χ4v) is 2.86. The fourth-order valence-electron chi connectivity index (χ4n) is 2.86. The van der Waals surface area contributed by atoms with Gasteiger partial charge in [0.25, 0.3) is 0 Å². The molecule has 0 radical (unpaired) electrons. The molecule has 1 amide bonds. The topological polar surface area (TPSA) is 74.4 Å². The number of carbonyl (C=O) groups is 1. The van der Waals surface area contributed by atoms with E-state index in [1.807, 2.05) is 54.7 Å². The van der Waals surface area contributed by atoms with E-state index in [9.17, 15) is 9.90 Å². The Morgan fingerprint density at radius 2 is 2.04 bits per heavy atom. The molecular weight excluding hydrogens is 316 g/mol. The van der Waals surface area contributed by atoms with Crippen LogP contribution in [0.5, 0.6) is 5.75 Å². The highest BCUT2D eigenvalue weighted by Crippen LogP contribution is 2.23. The van der Waals surface area contributed by atoms with Gasteiger partial charge in [0.1, 0.15) is 5.75 Å². The van der Waals surface area contributed by atoms with Crippen LogP contribution in [-0.2, 0) is 17.6 Å². The number of aromatic amines is 1. The molecule has 3 aromatic rings. The van der Waals surface area contributed by atoms with Crippen molar-refractivity contribution in [1.29, 1.82) is 0 Å². The number of nitrogens with one attached hydrogen (secondary N) is 2. The van der Waals surface area contributed by atoms with Gasteiger partial charge in [0.05, 0.1) is 19.6 Å². The van der Waals surface area contributed by atoms with Crippen molar-refractivity contribution in [3.05, 3.63) is 65.9 Å². The predicted octanol–water partition coefficient (Wildman–Crippen LogP) is 2.44. The molecule has 0 saturated heterocycles. The van der Waals surface area contributed by atoms with Gasteiger partial charge in [-0.25, -0.2) is 0 Å². The number of aromatic nitrogens is 1. The third-order valence-electron chi connectivity index (χ3n) is 4.17. The summed E-state index contributed by atoms with van der Waals surface area (Å²) in [4.78, 5) is 15.4. The molecule has 5 heteroatoms. The zero-order valence-electron chi connectivity index (χ0n) is 14.2. The highest BCUT2D eigenvalue weighted by Gasteiger charge is 2.12. The Morgan fingerprint density at radius 1 is 1.24 bits per heavy atom. The first-order valence-electron chi connectivity index (χ1n) is 8.28. The van der Waals surface area contributed by atoms with Crippen LogP contribution < -0.4 is 10.1 Å². The summed E-state index contributed by atoms with van der Waals surface area (Å²) in [5.74, 6) is 0.642. The van der Waals surface area contributed by atoms with Crippen LogP contribution in [0.4, 0.5) is 0 Å². The summed E-state index contributed by atoms with van der Waals surface area (Å²) in [7, 11) is 1.62. The highest BCUT2D eigenvalue weighted by molar-refractivity contribution is 5.89. The number of aliphatic hydroxyl groups is 1. The standard InChI is InChI=1S/C20H22N2O3/c1-25-17-7-8-19-18(11-17)15(12-21-19)10-20(24)22-13-16(23)9-14-5-3-2-4-6-14/h2-8,11-12,16,21,23H,9-10,13H2,1H3,(H,22,24)/t16-/m1/s1. The van der Waals surface area contributed by atoms with Crippen molar-refractivity contribution >= 4 is 16.8 Å². The Balaban J connectivity index is 1.56. The lowest BCUT2D eigenvalue weighted by molar-refractivity contribution is -0.120. The maximum atomic E-state index is 12.2. The molecule has 1 heterocycles. The smallest absolute Gasteiger partial charge is 0.224 e. The van der Waals surface area contributed by atoms with Crippen LogP contribution in [-0.4, -0.2) is 35.8 Å². The van der Waals surface area contributed by atoms with Gasteiger partial charge in [0.2, 0.25) is 5.91 Å². The molecule has 130 valence electrons. The first-order valence-corrected chi connectivity index (χ1v) is 8.28. The Bertz CT molecular complexity index is 843. The van der Waals surface area contributed by atoms with Gasteiger partial charge in [0.15, 0.2) is 0 Å². The van der Waals surface area contributed by atoms with Crippen molar-refractivity contribution in [2.24, 2.45) is 0 Å². The number of ether oxygens (including phenoxy) is 1. The Hall–Kier alpha value is -2.79. The molecule has 3 N–H and O–H groups in total. The summed E-state index contributed by atoms with van der Waals surface area (Å²) in [6.45, 7) is 0.236. The van der Waals surface area contributed by atoms with Crippen LogP contribution in [0.2, 0.25) is 0 Å². The molecular formula is C20H22N2O3. The van der Waals surface area contributed by atoms with Crippen molar-refractivity contribution in [2.45, 2.75) is 18.9 Å². The Labute approximate surface area is 146 Å². The van der Waals surface area contributed by atoms with Crippen LogP contribution in [0.15, 0.2) is 54.7 Å². The van der Waals surface area contributed by atoms with Gasteiger partial charge in [-0.05, 0) is 29.3 Å². The molecule has 1 atom stereocenters. The predicted molar refractivity (Wildman–Crippen MR) is 97.7 cm³/mol. The minimum atomic E-state index is -0.602. The molecule has 0 aliphatic rings. The molecule has 0 unspecified atom stereocenters. The number of fused-ring (bicyclic) bond motifs is 1. The van der Waals surface area contributed by atoms with Gasteiger partial charge in [0, 0.05) is 30.1 Å². The fraction of sp³-hybridized carbons (Fsp3) is 0.250. The number of rotatable bonds is 7. The van der Waals surface area contributed by atoms with Crippen LogP contribution in [0, 0.1) is 0 Å². The number of methoxy groups -OCH3 is 1. The molecule has 3 rings (SSSR count). The van der Waals surface area contributed by atoms with Gasteiger partial charge in [-0.1, -0.05) is 30.3 Å². The molecule has 0 aliphatic carbocycles. The molecule has 0 spiro atoms. The van der Waals surface area contributed by atoms with E-state index >= 15 is 0 Å². The van der Waals surface area contributed by atoms with Crippen molar-refractivity contribution in [1.82, 2.24) is 10.3 Å². The second-order valence-electron chi connectivity index (χ2n) is 6.05. The van der Waals surface area contributed by atoms with Crippen LogP contribution in [0.25, 0.3) is 10.9 Å². The molecule has 0 saturated carbocycles. The minimum absolute atomic E-state index is 0.115. The summed E-state index contributed by atoms with van der Waals surface area (Å²) in [5, 5.41) is 13.9. The summed E-state index contributed by atoms with van der Waals surface area (Å²) in [5.41, 5.74) is 2.92. The molecule has 25 heavy (non-hydrogen) atoms. The molecule has 5 nitrogen and oxygen atoms in total. The lowest BCUT2D eigenvalue weighted by Crippen LogP contribution is -2.34. The number of H-pyrrole nitrogens is 1. The maximum absolute atomic E-state index is 12.2. The van der Waals surface area contributed by atoms with Crippen molar-refractivity contribution in [3.63, 3.8) is 0 Å². The van der Waals surface area contributed by atoms with Crippen LogP contribution >= 0.6 is 0 Å². The zero-order chi connectivity index (χ0) is 17.6.